The summed E-state index contributed by atoms with van der Waals surface area (Å²) in [7, 11) is 2.16. The first-order valence-electron chi connectivity index (χ1n) is 6.93. The second-order valence-corrected chi connectivity index (χ2v) is 5.56. The van der Waals surface area contributed by atoms with Gasteiger partial charge in [-0.2, -0.15) is 0 Å². The topological polar surface area (TPSA) is 83.5 Å². The number of fused-ring (bicyclic) bond motifs is 1. The van der Waals surface area contributed by atoms with E-state index < -0.39 is 0 Å². The van der Waals surface area contributed by atoms with Crippen molar-refractivity contribution in [1.82, 2.24) is 19.3 Å². The number of nitrogens with zero attached hydrogens (tertiary/aromatic N) is 4. The van der Waals surface area contributed by atoms with Crippen molar-refractivity contribution in [3.8, 4) is 0 Å². The van der Waals surface area contributed by atoms with Crippen molar-refractivity contribution in [2.75, 3.05) is 30.9 Å². The van der Waals surface area contributed by atoms with E-state index in [-0.39, 0.29) is 0 Å². The number of nitrogens with one attached hydrogen (secondary N) is 2. The molecule has 1 aliphatic rings. The van der Waals surface area contributed by atoms with Crippen molar-refractivity contribution in [1.29, 1.82) is 0 Å². The minimum absolute atomic E-state index is 0.409. The predicted molar refractivity (Wildman–Crippen MR) is 79.5 cm³/mol. The van der Waals surface area contributed by atoms with E-state index in [0.29, 0.717) is 17.8 Å². The van der Waals surface area contributed by atoms with Crippen LogP contribution in [-0.2, 0) is 0 Å². The molecule has 0 aromatic carbocycles. The van der Waals surface area contributed by atoms with Crippen LogP contribution in [0.1, 0.15) is 13.3 Å². The molecule has 1 aliphatic heterocycles. The largest absolute Gasteiger partial charge is 0.364 e. The van der Waals surface area contributed by atoms with Gasteiger partial charge in [0.15, 0.2) is 17.3 Å². The van der Waals surface area contributed by atoms with E-state index in [1.807, 2.05) is 16.8 Å². The van der Waals surface area contributed by atoms with Crippen LogP contribution in [0.25, 0.3) is 5.65 Å². The van der Waals surface area contributed by atoms with Gasteiger partial charge in [0, 0.05) is 25.0 Å². The van der Waals surface area contributed by atoms with Gasteiger partial charge >= 0.3 is 0 Å². The van der Waals surface area contributed by atoms with E-state index in [2.05, 4.69) is 39.6 Å². The van der Waals surface area contributed by atoms with Crippen LogP contribution >= 0.6 is 0 Å². The molecule has 0 bridgehead atoms. The van der Waals surface area contributed by atoms with Gasteiger partial charge in [0.2, 0.25) is 0 Å². The highest BCUT2D eigenvalue weighted by molar-refractivity contribution is 5.65. The molecule has 3 heterocycles. The number of imidazole rings is 1. The lowest BCUT2D eigenvalue weighted by Crippen LogP contribution is -2.43. The molecule has 0 saturated carbocycles. The molecule has 108 valence electrons. The normalized spacial score (nSPS) is 23.9. The van der Waals surface area contributed by atoms with Gasteiger partial charge in [0.1, 0.15) is 0 Å². The van der Waals surface area contributed by atoms with Gasteiger partial charge in [0.25, 0.3) is 0 Å². The number of piperidine rings is 1. The number of aromatic nitrogens is 3. The molecule has 3 rings (SSSR count). The first-order chi connectivity index (χ1) is 9.67. The molecule has 4 N–H and O–H groups in total. The zero-order valence-corrected chi connectivity index (χ0v) is 11.9. The Kier molecular flexibility index (Phi) is 3.45. The maximum atomic E-state index is 5.48. The van der Waals surface area contributed by atoms with Gasteiger partial charge in [-0.3, -0.25) is 0 Å². The second-order valence-electron chi connectivity index (χ2n) is 5.56. The summed E-state index contributed by atoms with van der Waals surface area (Å²) in [4.78, 5) is 11.2. The van der Waals surface area contributed by atoms with Gasteiger partial charge in [-0.15, -0.1) is 0 Å². The Balaban J connectivity index is 1.88. The minimum Gasteiger partial charge on any atom is -0.364 e. The van der Waals surface area contributed by atoms with E-state index in [4.69, 9.17) is 5.84 Å². The van der Waals surface area contributed by atoms with Gasteiger partial charge in [-0.25, -0.2) is 15.8 Å². The van der Waals surface area contributed by atoms with Gasteiger partial charge in [-0.05, 0) is 25.9 Å². The van der Waals surface area contributed by atoms with Crippen molar-refractivity contribution in [2.45, 2.75) is 19.4 Å². The van der Waals surface area contributed by atoms with Crippen LogP contribution in [-0.4, -0.2) is 45.4 Å². The number of likely N-dealkylation sites (tertiary alicyclic amines) is 1. The summed E-state index contributed by atoms with van der Waals surface area (Å²) in [5.74, 6) is 7.45. The highest BCUT2D eigenvalue weighted by Gasteiger charge is 2.25. The molecule has 2 aromatic heterocycles. The molecule has 2 unspecified atom stereocenters. The average Bonchev–Trinajstić information content (AvgIpc) is 2.90. The first kappa shape index (κ1) is 13.1. The van der Waals surface area contributed by atoms with Crippen molar-refractivity contribution < 1.29 is 0 Å². The SMILES string of the molecule is CC1CN(C)CCC1Nc1nc(NN)cn2ccnc12. The molecule has 0 spiro atoms. The lowest BCUT2D eigenvalue weighted by atomic mass is 9.94. The van der Waals surface area contributed by atoms with E-state index in [0.717, 1.165) is 31.0 Å². The van der Waals surface area contributed by atoms with Crippen molar-refractivity contribution in [3.63, 3.8) is 0 Å². The predicted octanol–water partition coefficient (Wildman–Crippen LogP) is 0.767. The molecule has 0 radical (unpaired) electrons. The maximum Gasteiger partial charge on any atom is 0.180 e. The Morgan fingerprint density at radius 1 is 1.45 bits per heavy atom. The number of anilines is 2. The number of rotatable bonds is 3. The highest BCUT2D eigenvalue weighted by Crippen LogP contribution is 2.22. The molecule has 0 amide bonds. The third-order valence-corrected chi connectivity index (χ3v) is 3.95. The average molecular weight is 275 g/mol. The van der Waals surface area contributed by atoms with Crippen LogP contribution in [0.2, 0.25) is 0 Å². The lowest BCUT2D eigenvalue weighted by molar-refractivity contribution is 0.206. The highest BCUT2D eigenvalue weighted by atomic mass is 15.3. The molecule has 2 aromatic rings. The molecule has 1 fully saturated rings. The van der Waals surface area contributed by atoms with Crippen LogP contribution in [0.5, 0.6) is 0 Å². The zero-order valence-electron chi connectivity index (χ0n) is 11.9. The molecule has 1 saturated heterocycles. The summed E-state index contributed by atoms with van der Waals surface area (Å²) in [5.41, 5.74) is 3.43. The number of nitrogen functional groups attached to an aromatic ring is 1. The van der Waals surface area contributed by atoms with Crippen LogP contribution in [0.4, 0.5) is 11.6 Å². The third kappa shape index (κ3) is 2.41. The van der Waals surface area contributed by atoms with Crippen LogP contribution in [0, 0.1) is 5.92 Å². The van der Waals surface area contributed by atoms with Crippen molar-refractivity contribution in [2.24, 2.45) is 11.8 Å². The molecular formula is C13H21N7. The summed E-state index contributed by atoms with van der Waals surface area (Å²) >= 11 is 0. The van der Waals surface area contributed by atoms with Crippen LogP contribution in [0.15, 0.2) is 18.6 Å². The fourth-order valence-corrected chi connectivity index (χ4v) is 2.84. The Labute approximate surface area is 118 Å². The second kappa shape index (κ2) is 5.26. The van der Waals surface area contributed by atoms with E-state index in [1.165, 1.54) is 0 Å². The molecular weight excluding hydrogens is 254 g/mol. The summed E-state index contributed by atoms with van der Waals surface area (Å²) in [5, 5.41) is 3.54. The fourth-order valence-electron chi connectivity index (χ4n) is 2.84. The third-order valence-electron chi connectivity index (χ3n) is 3.95. The molecule has 0 aliphatic carbocycles. The van der Waals surface area contributed by atoms with E-state index >= 15 is 0 Å². The first-order valence-corrected chi connectivity index (χ1v) is 6.93. The number of hydrazine groups is 1. The van der Waals surface area contributed by atoms with Gasteiger partial charge in [0.05, 0.1) is 6.20 Å². The van der Waals surface area contributed by atoms with Crippen LogP contribution < -0.4 is 16.6 Å². The van der Waals surface area contributed by atoms with E-state index in [1.54, 1.807) is 6.20 Å². The summed E-state index contributed by atoms with van der Waals surface area (Å²) in [6.07, 6.45) is 6.58. The maximum absolute atomic E-state index is 5.48. The quantitative estimate of drug-likeness (QED) is 0.567. The Bertz CT molecular complexity index is 593. The Morgan fingerprint density at radius 3 is 3.05 bits per heavy atom. The monoisotopic (exact) mass is 275 g/mol. The van der Waals surface area contributed by atoms with Crippen molar-refractivity contribution >= 4 is 17.3 Å². The fraction of sp³-hybridized carbons (Fsp3) is 0.538. The molecule has 7 nitrogen and oxygen atoms in total. The zero-order chi connectivity index (χ0) is 14.1. The van der Waals surface area contributed by atoms with E-state index in [9.17, 15) is 0 Å². The van der Waals surface area contributed by atoms with Gasteiger partial charge in [-0.1, -0.05) is 6.92 Å². The molecule has 2 atom stereocenters. The summed E-state index contributed by atoms with van der Waals surface area (Å²) < 4.78 is 1.92. The lowest BCUT2D eigenvalue weighted by Gasteiger charge is -2.35. The smallest absolute Gasteiger partial charge is 0.180 e. The Hall–Kier alpha value is -1.86. The Morgan fingerprint density at radius 2 is 2.30 bits per heavy atom. The number of hydrogen-bond donors (Lipinski definition) is 3. The molecule has 7 heteroatoms. The van der Waals surface area contributed by atoms with Crippen LogP contribution in [0.3, 0.4) is 0 Å². The van der Waals surface area contributed by atoms with Crippen molar-refractivity contribution in [3.05, 3.63) is 18.6 Å². The summed E-state index contributed by atoms with van der Waals surface area (Å²) in [6.45, 7) is 4.46. The standard InChI is InChI=1S/C13H21N7/c1-9-7-19(2)5-3-10(9)16-12-13-15-4-6-20(13)8-11(17-12)18-14/h4,6,8-10,18H,3,5,7,14H2,1-2H3,(H,16,17). The summed E-state index contributed by atoms with van der Waals surface area (Å²) in [6, 6.07) is 0.409. The minimum atomic E-state index is 0.409. The van der Waals surface area contributed by atoms with Gasteiger partial charge < -0.3 is 20.0 Å². The number of nitrogens with two attached hydrogens (primary N) is 1. The molecule has 20 heavy (non-hydrogen) atoms. The number of hydrogen-bond acceptors (Lipinski definition) is 6.